The van der Waals surface area contributed by atoms with Crippen molar-refractivity contribution in [3.05, 3.63) is 33.3 Å². The first kappa shape index (κ1) is 9.04. The molecule has 1 nitrogen and oxygen atoms in total. The minimum atomic E-state index is 0.0589. The van der Waals surface area contributed by atoms with Gasteiger partial charge in [-0.05, 0) is 40.5 Å². The lowest BCUT2D eigenvalue weighted by atomic mass is 10.1. The summed E-state index contributed by atoms with van der Waals surface area (Å²) in [5.74, 6) is 0. The Bertz CT molecular complexity index is 260. The summed E-state index contributed by atoms with van der Waals surface area (Å²) in [7, 11) is 0. The SMILES string of the molecule is CC(N)c1ccc(Cl)c(Br)c1. The van der Waals surface area contributed by atoms with E-state index in [4.69, 9.17) is 17.3 Å². The van der Waals surface area contributed by atoms with Crippen molar-refractivity contribution in [3.8, 4) is 0 Å². The van der Waals surface area contributed by atoms with Gasteiger partial charge in [0.1, 0.15) is 0 Å². The zero-order valence-corrected chi connectivity index (χ0v) is 8.48. The van der Waals surface area contributed by atoms with E-state index in [1.54, 1.807) is 0 Å². The molecule has 0 bridgehead atoms. The van der Waals surface area contributed by atoms with Crippen molar-refractivity contribution in [3.63, 3.8) is 0 Å². The van der Waals surface area contributed by atoms with Crippen LogP contribution in [0.4, 0.5) is 0 Å². The second-order valence-electron chi connectivity index (χ2n) is 2.46. The standard InChI is InChI=1S/C8H9BrClN/c1-5(11)6-2-3-8(10)7(9)4-6/h2-5H,11H2,1H3. The summed E-state index contributed by atoms with van der Waals surface area (Å²) < 4.78 is 0.897. The predicted octanol–water partition coefficient (Wildman–Crippen LogP) is 3.12. The van der Waals surface area contributed by atoms with Crippen LogP contribution in [0.15, 0.2) is 22.7 Å². The highest BCUT2D eigenvalue weighted by atomic mass is 79.9. The van der Waals surface area contributed by atoms with Crippen molar-refractivity contribution in [2.45, 2.75) is 13.0 Å². The first-order chi connectivity index (χ1) is 5.11. The molecule has 1 atom stereocenters. The summed E-state index contributed by atoms with van der Waals surface area (Å²) in [6.45, 7) is 1.94. The fourth-order valence-corrected chi connectivity index (χ4v) is 1.31. The average Bonchev–Trinajstić information content (AvgIpc) is 1.94. The maximum absolute atomic E-state index is 5.80. The summed E-state index contributed by atoms with van der Waals surface area (Å²) >= 11 is 9.12. The molecular formula is C8H9BrClN. The van der Waals surface area contributed by atoms with Crippen LogP contribution in [0.5, 0.6) is 0 Å². The van der Waals surface area contributed by atoms with Crippen molar-refractivity contribution in [1.82, 2.24) is 0 Å². The third-order valence-electron chi connectivity index (χ3n) is 1.47. The highest BCUT2D eigenvalue weighted by molar-refractivity contribution is 9.10. The molecule has 0 heterocycles. The average molecular weight is 235 g/mol. The molecule has 0 radical (unpaired) electrons. The monoisotopic (exact) mass is 233 g/mol. The summed E-state index contributed by atoms with van der Waals surface area (Å²) in [6, 6.07) is 5.76. The Balaban J connectivity index is 3.05. The molecule has 1 unspecified atom stereocenters. The zero-order chi connectivity index (χ0) is 8.43. The van der Waals surface area contributed by atoms with Gasteiger partial charge in [0.2, 0.25) is 0 Å². The van der Waals surface area contributed by atoms with Crippen LogP contribution in [0.2, 0.25) is 5.02 Å². The molecule has 0 aliphatic carbocycles. The van der Waals surface area contributed by atoms with Gasteiger partial charge in [0.15, 0.2) is 0 Å². The number of rotatable bonds is 1. The Morgan fingerprint density at radius 1 is 1.55 bits per heavy atom. The molecule has 0 spiro atoms. The van der Waals surface area contributed by atoms with Gasteiger partial charge >= 0.3 is 0 Å². The molecule has 0 amide bonds. The minimum absolute atomic E-state index is 0.0589. The molecule has 2 N–H and O–H groups in total. The number of hydrogen-bond donors (Lipinski definition) is 1. The van der Waals surface area contributed by atoms with E-state index < -0.39 is 0 Å². The van der Waals surface area contributed by atoms with Gasteiger partial charge in [0.25, 0.3) is 0 Å². The number of benzene rings is 1. The van der Waals surface area contributed by atoms with E-state index in [0.717, 1.165) is 15.1 Å². The Hall–Kier alpha value is -0.0500. The van der Waals surface area contributed by atoms with Crippen LogP contribution in [0, 0.1) is 0 Å². The van der Waals surface area contributed by atoms with E-state index in [0.29, 0.717) is 0 Å². The molecule has 0 saturated carbocycles. The van der Waals surface area contributed by atoms with Crippen molar-refractivity contribution in [2.75, 3.05) is 0 Å². The molecule has 11 heavy (non-hydrogen) atoms. The van der Waals surface area contributed by atoms with Crippen LogP contribution in [-0.2, 0) is 0 Å². The molecule has 1 aromatic rings. The lowest BCUT2D eigenvalue weighted by Gasteiger charge is -2.05. The van der Waals surface area contributed by atoms with Crippen LogP contribution in [0.3, 0.4) is 0 Å². The van der Waals surface area contributed by atoms with Gasteiger partial charge in [-0.3, -0.25) is 0 Å². The van der Waals surface area contributed by atoms with Crippen LogP contribution < -0.4 is 5.73 Å². The largest absolute Gasteiger partial charge is 0.324 e. The van der Waals surface area contributed by atoms with Crippen molar-refractivity contribution in [1.29, 1.82) is 0 Å². The molecule has 0 aliphatic rings. The van der Waals surface area contributed by atoms with Gasteiger partial charge in [-0.15, -0.1) is 0 Å². The maximum atomic E-state index is 5.80. The van der Waals surface area contributed by atoms with Gasteiger partial charge in [-0.25, -0.2) is 0 Å². The number of halogens is 2. The minimum Gasteiger partial charge on any atom is -0.324 e. The van der Waals surface area contributed by atoms with E-state index in [1.807, 2.05) is 25.1 Å². The second kappa shape index (κ2) is 3.57. The second-order valence-corrected chi connectivity index (χ2v) is 3.72. The molecule has 1 aromatic carbocycles. The quantitative estimate of drug-likeness (QED) is 0.794. The third kappa shape index (κ3) is 2.19. The van der Waals surface area contributed by atoms with Crippen LogP contribution >= 0.6 is 27.5 Å². The van der Waals surface area contributed by atoms with Crippen LogP contribution in [-0.4, -0.2) is 0 Å². The molecule has 0 aliphatic heterocycles. The van der Waals surface area contributed by atoms with Crippen LogP contribution in [0.25, 0.3) is 0 Å². The first-order valence-electron chi connectivity index (χ1n) is 3.32. The van der Waals surface area contributed by atoms with Crippen molar-refractivity contribution in [2.24, 2.45) is 5.73 Å². The summed E-state index contributed by atoms with van der Waals surface area (Å²) in [4.78, 5) is 0. The fraction of sp³-hybridized carbons (Fsp3) is 0.250. The third-order valence-corrected chi connectivity index (χ3v) is 2.68. The molecule has 1 rings (SSSR count). The topological polar surface area (TPSA) is 26.0 Å². The highest BCUT2D eigenvalue weighted by Crippen LogP contribution is 2.24. The molecule has 0 fully saturated rings. The van der Waals surface area contributed by atoms with Crippen molar-refractivity contribution < 1.29 is 0 Å². The smallest absolute Gasteiger partial charge is 0.0548 e. The van der Waals surface area contributed by atoms with E-state index in [-0.39, 0.29) is 6.04 Å². The lowest BCUT2D eigenvalue weighted by molar-refractivity contribution is 0.817. The Morgan fingerprint density at radius 3 is 2.64 bits per heavy atom. The summed E-state index contributed by atoms with van der Waals surface area (Å²) in [6.07, 6.45) is 0. The van der Waals surface area contributed by atoms with Gasteiger partial charge in [-0.2, -0.15) is 0 Å². The number of nitrogens with two attached hydrogens (primary N) is 1. The Labute approximate surface area is 79.7 Å². The highest BCUT2D eigenvalue weighted by Gasteiger charge is 2.01. The Morgan fingerprint density at radius 2 is 2.18 bits per heavy atom. The molecule has 3 heteroatoms. The van der Waals surface area contributed by atoms with E-state index in [2.05, 4.69) is 15.9 Å². The van der Waals surface area contributed by atoms with Gasteiger partial charge in [-0.1, -0.05) is 17.7 Å². The van der Waals surface area contributed by atoms with E-state index >= 15 is 0 Å². The van der Waals surface area contributed by atoms with Gasteiger partial charge in [0.05, 0.1) is 5.02 Å². The predicted molar refractivity (Wildman–Crippen MR) is 51.8 cm³/mol. The number of hydrogen-bond acceptors (Lipinski definition) is 1. The van der Waals surface area contributed by atoms with Crippen LogP contribution in [0.1, 0.15) is 18.5 Å². The lowest BCUT2D eigenvalue weighted by Crippen LogP contribution is -2.04. The van der Waals surface area contributed by atoms with Crippen molar-refractivity contribution >= 4 is 27.5 Å². The van der Waals surface area contributed by atoms with E-state index in [9.17, 15) is 0 Å². The molecule has 0 saturated heterocycles. The molecule has 60 valence electrons. The Kier molecular flexibility index (Phi) is 2.93. The maximum Gasteiger partial charge on any atom is 0.0548 e. The fourth-order valence-electron chi connectivity index (χ4n) is 0.796. The first-order valence-corrected chi connectivity index (χ1v) is 4.49. The summed E-state index contributed by atoms with van der Waals surface area (Å²) in [5.41, 5.74) is 6.75. The zero-order valence-electron chi connectivity index (χ0n) is 6.14. The summed E-state index contributed by atoms with van der Waals surface area (Å²) in [5, 5.41) is 0.717. The van der Waals surface area contributed by atoms with Gasteiger partial charge < -0.3 is 5.73 Å². The normalized spacial score (nSPS) is 13.1. The van der Waals surface area contributed by atoms with Gasteiger partial charge in [0, 0.05) is 10.5 Å². The molecular weight excluding hydrogens is 225 g/mol. The molecule has 0 aromatic heterocycles. The van der Waals surface area contributed by atoms with E-state index in [1.165, 1.54) is 0 Å².